The molecule has 8 amide bonds. The Morgan fingerprint density at radius 1 is 0.424 bits per heavy atom. The van der Waals surface area contributed by atoms with Gasteiger partial charge in [0.1, 0.15) is 0 Å². The Kier molecular flexibility index (Phi) is 30.7. The van der Waals surface area contributed by atoms with E-state index in [9.17, 15) is 55.9 Å². The van der Waals surface area contributed by atoms with Gasteiger partial charge in [0.15, 0.2) is 0 Å². The topological polar surface area (TPSA) is 301 Å². The SMILES string of the molecule is CCC1(CC)CC1C(=O)NCC(=O)N1CCN(Cc2cc(Cl)ccc2N)CC1.CNc1ccc(Cl)cc1CN1CCN(C(=O)CNC(=O)C2CC23CCC(F)(F)CC3)CC1.Nc1ccc(Cl)cc1CN1CCN(C(=O)CNC(=O)C2CC23CCCC3)CC1.[2H]C([2H])(c1cc(Cl)ccc1N)N1CCN(C(=O)CNC(=O)CC2CCC(F)(F)CC2)CC1. The summed E-state index contributed by atoms with van der Waals surface area (Å²) in [6, 6.07) is 21.5. The first-order valence-corrected chi connectivity index (χ1v) is 43.5. The largest absolute Gasteiger partial charge is 0.398 e. The van der Waals surface area contributed by atoms with Gasteiger partial charge in [-0.15, -0.1) is 0 Å². The summed E-state index contributed by atoms with van der Waals surface area (Å²) >= 11 is 24.3. The van der Waals surface area contributed by atoms with Crippen molar-refractivity contribution in [2.45, 2.75) is 167 Å². The number of hydrogen-bond acceptors (Lipinski definition) is 16. The van der Waals surface area contributed by atoms with Gasteiger partial charge >= 0.3 is 0 Å². The summed E-state index contributed by atoms with van der Waals surface area (Å²) in [5.74, 6) is -5.99. The van der Waals surface area contributed by atoms with Crippen LogP contribution in [0.2, 0.25) is 20.1 Å². The van der Waals surface area contributed by atoms with Crippen LogP contribution in [0.5, 0.6) is 0 Å². The lowest BCUT2D eigenvalue weighted by atomic mass is 9.82. The number of benzene rings is 4. The summed E-state index contributed by atoms with van der Waals surface area (Å²) in [7, 11) is 1.88. The van der Waals surface area contributed by atoms with Gasteiger partial charge < -0.3 is 63.4 Å². The van der Waals surface area contributed by atoms with Crippen LogP contribution < -0.4 is 43.8 Å². The number of halogens is 8. The van der Waals surface area contributed by atoms with Crippen molar-refractivity contribution in [1.29, 1.82) is 0 Å². The van der Waals surface area contributed by atoms with Crippen LogP contribution in [0.25, 0.3) is 0 Å². The molecule has 2 spiro atoms. The summed E-state index contributed by atoms with van der Waals surface area (Å²) < 4.78 is 70.3. The fourth-order valence-electron chi connectivity index (χ4n) is 18.0. The summed E-state index contributed by atoms with van der Waals surface area (Å²) in [4.78, 5) is 115. The number of carbonyl (C=O) groups is 8. The molecule has 0 aromatic heterocycles. The average Bonchev–Trinajstić information content (AvgIpc) is 1.45. The van der Waals surface area contributed by atoms with Gasteiger partial charge in [-0.05, 0) is 188 Å². The Hall–Kier alpha value is -7.44. The van der Waals surface area contributed by atoms with Crippen LogP contribution in [0, 0.1) is 39.9 Å². The molecule has 118 heavy (non-hydrogen) atoms. The monoisotopic (exact) mass is 1720 g/mol. The molecule has 4 aliphatic heterocycles. The normalized spacial score (nSPS) is 22.8. The lowest BCUT2D eigenvalue weighted by Gasteiger charge is -2.35. The molecule has 6 aliphatic carbocycles. The first-order chi connectivity index (χ1) is 57.0. The van der Waals surface area contributed by atoms with Crippen molar-refractivity contribution in [3.63, 3.8) is 0 Å². The zero-order valence-electron chi connectivity index (χ0n) is 70.3. The highest BCUT2D eigenvalue weighted by atomic mass is 35.5. The van der Waals surface area contributed by atoms with Crippen LogP contribution >= 0.6 is 46.4 Å². The number of anilines is 4. The average molecular weight is 1730 g/mol. The van der Waals surface area contributed by atoms with E-state index in [0.717, 1.165) is 118 Å². The standard InChI is InChI=1S/C23H31ClF2N4O2.C21H29ClF2N4O2.C21H29ClN4O2.C21H31ClN4O2/c1-27-19-3-2-17(24)12-16(19)15-29-8-10-30(11-9-29)20(31)14-28-21(32)18-13-22(18)4-6-23(25,26)7-5-22;22-17-1-2-18(25)16(12-17)14-27-7-9-28(10-8-27)20(30)13-26-19(29)11-15-3-5-21(23,24)6-4-15;22-16-3-4-18(23)15(11-16)14-25-7-9-26(10-8-25)19(27)13-24-20(28)17-12-21(17)5-1-2-6-21;1-3-21(4-2)12-17(21)20(28)24-13-19(27)26-9-7-25(8-10-26)14-15-11-16(22)5-6-18(15)23/h2-3,12,18,27H,4-11,13-15H2,1H3,(H,28,32);1-2,12,15H,3-11,13-14,25H2,(H,26,29);3-4,11,17H,1-2,5-10,12-14,23H2,(H,24,28);5-6,11,17H,3-4,7-10,12-14,23H2,1-2H3,(H,24,28)/i;14D2;;. The van der Waals surface area contributed by atoms with Crippen molar-refractivity contribution in [3.05, 3.63) is 115 Å². The Bertz CT molecular complexity index is 4140. The molecule has 4 saturated heterocycles. The molecule has 6 saturated carbocycles. The van der Waals surface area contributed by atoms with Crippen molar-refractivity contribution in [2.75, 3.05) is 160 Å². The lowest BCUT2D eigenvalue weighted by molar-refractivity contribution is -0.135. The zero-order valence-corrected chi connectivity index (χ0v) is 71.4. The number of nitrogens with zero attached hydrogens (tertiary/aromatic N) is 8. The first kappa shape index (κ1) is 88.3. The second-order valence-electron chi connectivity index (χ2n) is 34.0. The third-order valence-electron chi connectivity index (χ3n) is 26.3. The number of carbonyl (C=O) groups excluding carboxylic acids is 8. The van der Waals surface area contributed by atoms with Crippen LogP contribution in [-0.2, 0) is 64.5 Å². The summed E-state index contributed by atoms with van der Waals surface area (Å²) in [6.45, 7) is 14.4. The predicted molar refractivity (Wildman–Crippen MR) is 454 cm³/mol. The molecule has 0 radical (unpaired) electrons. The highest BCUT2D eigenvalue weighted by Crippen LogP contribution is 2.64. The van der Waals surface area contributed by atoms with Gasteiger partial charge in [0.25, 0.3) is 0 Å². The van der Waals surface area contributed by atoms with Crippen molar-refractivity contribution in [2.24, 2.45) is 39.9 Å². The Morgan fingerprint density at radius 2 is 0.763 bits per heavy atom. The van der Waals surface area contributed by atoms with E-state index in [4.69, 9.17) is 66.3 Å². The van der Waals surface area contributed by atoms with E-state index < -0.39 is 18.3 Å². The minimum Gasteiger partial charge on any atom is -0.398 e. The quantitative estimate of drug-likeness (QED) is 0.0239. The predicted octanol–water partition coefficient (Wildman–Crippen LogP) is 11.0. The van der Waals surface area contributed by atoms with Crippen molar-refractivity contribution < 1.29 is 58.7 Å². The molecule has 14 rings (SSSR count). The molecule has 10 aliphatic rings. The first-order valence-electron chi connectivity index (χ1n) is 43.0. The molecule has 32 heteroatoms. The van der Waals surface area contributed by atoms with E-state index >= 15 is 0 Å². The van der Waals surface area contributed by atoms with Gasteiger partial charge in [0.05, 0.1) is 26.2 Å². The van der Waals surface area contributed by atoms with Gasteiger partial charge in [-0.1, -0.05) is 73.1 Å². The number of nitrogen functional groups attached to an aromatic ring is 3. The Labute approximate surface area is 714 Å². The molecule has 4 aromatic rings. The van der Waals surface area contributed by atoms with E-state index in [0.29, 0.717) is 123 Å². The van der Waals surface area contributed by atoms with E-state index in [-0.39, 0.29) is 151 Å². The molecule has 3 atom stereocenters. The van der Waals surface area contributed by atoms with Gasteiger partial charge in [0, 0.05) is 233 Å². The summed E-state index contributed by atoms with van der Waals surface area (Å²) in [5, 5.41) is 16.7. The maximum atomic E-state index is 13.4. The number of amides is 8. The van der Waals surface area contributed by atoms with E-state index in [2.05, 4.69) is 55.1 Å². The van der Waals surface area contributed by atoms with Gasteiger partial charge in [-0.25, -0.2) is 17.6 Å². The van der Waals surface area contributed by atoms with Crippen LogP contribution in [0.4, 0.5) is 40.3 Å². The fraction of sp³-hybridized carbons (Fsp3) is 0.628. The lowest BCUT2D eigenvalue weighted by Crippen LogP contribution is -2.51. The highest BCUT2D eigenvalue weighted by Gasteiger charge is 2.61. The van der Waals surface area contributed by atoms with Crippen molar-refractivity contribution >= 4 is 116 Å². The number of alkyl halides is 4. The molecule has 4 aromatic carbocycles. The molecule has 4 heterocycles. The smallest absolute Gasteiger partial charge is 0.248 e. The Balaban J connectivity index is 0.000000157. The number of hydrogen-bond donors (Lipinski definition) is 8. The summed E-state index contributed by atoms with van der Waals surface area (Å²) in [5.41, 5.74) is 24.4. The minimum absolute atomic E-state index is 0.00508. The number of nitrogens with two attached hydrogens (primary N) is 3. The highest BCUT2D eigenvalue weighted by molar-refractivity contribution is 6.31. The number of piperazine rings is 4. The van der Waals surface area contributed by atoms with Crippen LogP contribution in [0.3, 0.4) is 0 Å². The molecule has 24 nitrogen and oxygen atoms in total. The zero-order chi connectivity index (χ0) is 86.5. The maximum absolute atomic E-state index is 13.4. The molecular weight excluding hydrogens is 1600 g/mol. The van der Waals surface area contributed by atoms with E-state index in [1.165, 1.54) is 31.7 Å². The molecule has 0 bridgehead atoms. The van der Waals surface area contributed by atoms with Crippen LogP contribution in [0.15, 0.2) is 72.8 Å². The van der Waals surface area contributed by atoms with Crippen molar-refractivity contribution in [1.82, 2.24) is 60.5 Å². The van der Waals surface area contributed by atoms with Crippen LogP contribution in [0.1, 0.15) is 154 Å². The number of rotatable bonds is 24. The van der Waals surface area contributed by atoms with Crippen LogP contribution in [-0.4, -0.2) is 236 Å². The second kappa shape index (κ2) is 41.0. The minimum atomic E-state index is -2.63. The Morgan fingerprint density at radius 3 is 1.16 bits per heavy atom. The molecule has 3 unspecified atom stereocenters. The maximum Gasteiger partial charge on any atom is 0.248 e. The summed E-state index contributed by atoms with van der Waals surface area (Å²) in [6.07, 6.45) is 10.4. The number of nitrogens with one attached hydrogen (secondary N) is 5. The molecule has 10 fully saturated rings. The van der Waals surface area contributed by atoms with E-state index in [1.54, 1.807) is 39.0 Å². The van der Waals surface area contributed by atoms with Gasteiger partial charge in [-0.3, -0.25) is 58.0 Å². The van der Waals surface area contributed by atoms with Crippen molar-refractivity contribution in [3.8, 4) is 0 Å². The third-order valence-corrected chi connectivity index (χ3v) is 27.3. The molecule has 11 N–H and O–H groups in total. The molecule has 648 valence electrons. The second-order valence-corrected chi connectivity index (χ2v) is 35.7. The third kappa shape index (κ3) is 25.4. The van der Waals surface area contributed by atoms with Gasteiger partial charge in [0.2, 0.25) is 59.1 Å². The van der Waals surface area contributed by atoms with Gasteiger partial charge in [-0.2, -0.15) is 0 Å². The van der Waals surface area contributed by atoms with E-state index in [1.807, 2.05) is 59.3 Å². The fourth-order valence-corrected chi connectivity index (χ4v) is 18.8. The molecular formula is C86H120Cl4F4N16O8.